The third-order valence-electron chi connectivity index (χ3n) is 6.78. The zero-order chi connectivity index (χ0) is 26.3. The van der Waals surface area contributed by atoms with Crippen molar-refractivity contribution in [2.45, 2.75) is 39.0 Å². The van der Waals surface area contributed by atoms with Crippen LogP contribution in [0.1, 0.15) is 36.2 Å². The molecule has 9 nitrogen and oxygen atoms in total. The van der Waals surface area contributed by atoms with Gasteiger partial charge in [-0.25, -0.2) is 19.3 Å². The lowest BCUT2D eigenvalue weighted by Crippen LogP contribution is -2.24. The van der Waals surface area contributed by atoms with Crippen LogP contribution in [0.2, 0.25) is 0 Å². The van der Waals surface area contributed by atoms with Crippen LogP contribution in [0.3, 0.4) is 0 Å². The first-order chi connectivity index (χ1) is 18.4. The van der Waals surface area contributed by atoms with Crippen LogP contribution in [0.4, 0.5) is 11.6 Å². The van der Waals surface area contributed by atoms with Gasteiger partial charge in [-0.15, -0.1) is 0 Å². The summed E-state index contributed by atoms with van der Waals surface area (Å²) in [7, 11) is 0. The molecule has 9 heteroatoms. The molecule has 6 rings (SSSR count). The molecule has 3 aromatic heterocycles. The largest absolute Gasteiger partial charge is 0.384 e. The molecular formula is C29H29N7O2. The summed E-state index contributed by atoms with van der Waals surface area (Å²) in [6.45, 7) is 5.51. The van der Waals surface area contributed by atoms with Crippen molar-refractivity contribution in [2.75, 3.05) is 11.9 Å². The van der Waals surface area contributed by atoms with Gasteiger partial charge >= 0.3 is 0 Å². The van der Waals surface area contributed by atoms with Crippen LogP contribution in [0, 0.1) is 0 Å². The highest BCUT2D eigenvalue weighted by Crippen LogP contribution is 2.24. The molecule has 0 aliphatic carbocycles. The Kier molecular flexibility index (Phi) is 6.01. The van der Waals surface area contributed by atoms with Crippen LogP contribution >= 0.6 is 0 Å². The van der Waals surface area contributed by atoms with Crippen LogP contribution in [0.15, 0.2) is 77.7 Å². The molecule has 38 heavy (non-hydrogen) atoms. The molecule has 1 aliphatic rings. The van der Waals surface area contributed by atoms with E-state index in [1.54, 1.807) is 41.5 Å². The summed E-state index contributed by atoms with van der Waals surface area (Å²) in [4.78, 5) is 27.5. The summed E-state index contributed by atoms with van der Waals surface area (Å²) in [5.41, 5.74) is 4.00. The number of aromatic nitrogens is 5. The maximum absolute atomic E-state index is 13.6. The summed E-state index contributed by atoms with van der Waals surface area (Å²) in [5, 5.41) is 17.7. The smallest absolute Gasteiger partial charge is 0.278 e. The van der Waals surface area contributed by atoms with Gasteiger partial charge in [0.1, 0.15) is 11.0 Å². The van der Waals surface area contributed by atoms with E-state index in [1.807, 2.05) is 42.5 Å². The number of hydrogen-bond donors (Lipinski definition) is 3. The number of aliphatic hydroxyl groups is 1. The van der Waals surface area contributed by atoms with E-state index in [2.05, 4.69) is 27.8 Å². The van der Waals surface area contributed by atoms with Crippen LogP contribution in [0.25, 0.3) is 16.9 Å². The van der Waals surface area contributed by atoms with Gasteiger partial charge in [0.2, 0.25) is 5.95 Å². The van der Waals surface area contributed by atoms with Gasteiger partial charge < -0.3 is 15.7 Å². The fraction of sp³-hybridized carbons (Fsp3) is 0.241. The first-order valence-electron chi connectivity index (χ1n) is 12.7. The number of pyridine rings is 1. The minimum absolute atomic E-state index is 0.217. The Morgan fingerprint density at radius 1 is 1.03 bits per heavy atom. The zero-order valence-electron chi connectivity index (χ0n) is 21.3. The molecule has 0 unspecified atom stereocenters. The normalized spacial score (nSPS) is 13.4. The lowest BCUT2D eigenvalue weighted by atomic mass is 10.0. The van der Waals surface area contributed by atoms with Gasteiger partial charge in [-0.3, -0.25) is 4.79 Å². The van der Waals surface area contributed by atoms with Crippen molar-refractivity contribution in [3.05, 3.63) is 106 Å². The van der Waals surface area contributed by atoms with E-state index in [4.69, 9.17) is 9.97 Å². The summed E-state index contributed by atoms with van der Waals surface area (Å²) in [6.07, 6.45) is 2.57. The minimum atomic E-state index is -1.15. The monoisotopic (exact) mass is 507 g/mol. The standard InChI is InChI=1S/C29H29N7O2/c1-29(2,38)24-9-6-10-25(33-24)36-26-23(27(37)35(36)18-19-7-4-3-5-8-19)17-31-28(34-26)32-22-12-11-20-13-14-30-16-21(20)15-22/h3-12,15,17,30,38H,13-14,16,18H2,1-2H3,(H,31,32,34). The molecular weight excluding hydrogens is 478 g/mol. The summed E-state index contributed by atoms with van der Waals surface area (Å²) >= 11 is 0. The molecule has 0 saturated carbocycles. The van der Waals surface area contributed by atoms with Gasteiger partial charge in [-0.2, -0.15) is 4.98 Å². The third kappa shape index (κ3) is 4.57. The molecule has 0 bridgehead atoms. The summed E-state index contributed by atoms with van der Waals surface area (Å²) < 4.78 is 3.32. The van der Waals surface area contributed by atoms with E-state index in [1.165, 1.54) is 11.1 Å². The number of nitrogens with zero attached hydrogens (tertiary/aromatic N) is 5. The number of rotatable bonds is 6. The van der Waals surface area contributed by atoms with Crippen molar-refractivity contribution in [1.82, 2.24) is 29.6 Å². The Labute approximate surface area is 219 Å². The number of anilines is 2. The van der Waals surface area contributed by atoms with Gasteiger partial charge in [-0.1, -0.05) is 42.5 Å². The first kappa shape index (κ1) is 24.0. The molecule has 1 aliphatic heterocycles. The maximum atomic E-state index is 13.6. The van der Waals surface area contributed by atoms with Crippen molar-refractivity contribution in [1.29, 1.82) is 0 Å². The van der Waals surface area contributed by atoms with E-state index in [-0.39, 0.29) is 5.56 Å². The van der Waals surface area contributed by atoms with E-state index >= 15 is 0 Å². The van der Waals surface area contributed by atoms with Crippen molar-refractivity contribution < 1.29 is 5.11 Å². The second-order valence-corrected chi connectivity index (χ2v) is 10.1. The van der Waals surface area contributed by atoms with E-state index in [0.717, 1.165) is 30.8 Å². The van der Waals surface area contributed by atoms with Crippen LogP contribution in [-0.4, -0.2) is 36.0 Å². The Hall–Kier alpha value is -4.34. The number of benzene rings is 2. The predicted molar refractivity (Wildman–Crippen MR) is 147 cm³/mol. The highest BCUT2D eigenvalue weighted by molar-refractivity contribution is 5.77. The van der Waals surface area contributed by atoms with Gasteiger partial charge in [0.15, 0.2) is 11.5 Å². The fourth-order valence-corrected chi connectivity index (χ4v) is 4.79. The predicted octanol–water partition coefficient (Wildman–Crippen LogP) is 3.64. The molecule has 0 spiro atoms. The van der Waals surface area contributed by atoms with Crippen molar-refractivity contribution in [3.8, 4) is 5.82 Å². The fourth-order valence-electron chi connectivity index (χ4n) is 4.79. The molecule has 0 saturated heterocycles. The van der Waals surface area contributed by atoms with Gasteiger partial charge in [0.25, 0.3) is 5.56 Å². The average molecular weight is 508 g/mol. The Morgan fingerprint density at radius 2 is 1.87 bits per heavy atom. The van der Waals surface area contributed by atoms with Crippen LogP contribution in [0.5, 0.6) is 0 Å². The number of nitrogens with one attached hydrogen (secondary N) is 2. The van der Waals surface area contributed by atoms with Gasteiger partial charge in [-0.05, 0) is 67.8 Å². The van der Waals surface area contributed by atoms with E-state index < -0.39 is 5.60 Å². The highest BCUT2D eigenvalue weighted by atomic mass is 16.3. The summed E-state index contributed by atoms with van der Waals surface area (Å²) in [5.74, 6) is 0.864. The second-order valence-electron chi connectivity index (χ2n) is 10.1. The SMILES string of the molecule is CC(C)(O)c1cccc(-n2c3nc(Nc4ccc5c(c4)CNCC5)ncc3c(=O)n2Cc2ccccc2)n1. The zero-order valence-corrected chi connectivity index (χ0v) is 21.3. The van der Waals surface area contributed by atoms with Gasteiger partial charge in [0, 0.05) is 18.4 Å². The van der Waals surface area contributed by atoms with E-state index in [0.29, 0.717) is 35.0 Å². The lowest BCUT2D eigenvalue weighted by Gasteiger charge is -2.19. The molecule has 0 fully saturated rings. The van der Waals surface area contributed by atoms with Crippen LogP contribution < -0.4 is 16.2 Å². The van der Waals surface area contributed by atoms with Crippen LogP contribution in [-0.2, 0) is 25.1 Å². The first-order valence-corrected chi connectivity index (χ1v) is 12.7. The van der Waals surface area contributed by atoms with Crippen molar-refractivity contribution >= 4 is 22.7 Å². The highest BCUT2D eigenvalue weighted by Gasteiger charge is 2.22. The third-order valence-corrected chi connectivity index (χ3v) is 6.78. The Balaban J connectivity index is 1.48. The van der Waals surface area contributed by atoms with E-state index in [9.17, 15) is 9.90 Å². The number of hydrogen-bond acceptors (Lipinski definition) is 7. The minimum Gasteiger partial charge on any atom is -0.384 e. The molecule has 4 heterocycles. The average Bonchev–Trinajstić information content (AvgIpc) is 3.19. The Morgan fingerprint density at radius 3 is 2.68 bits per heavy atom. The number of fused-ring (bicyclic) bond motifs is 2. The molecule has 0 amide bonds. The molecule has 2 aromatic carbocycles. The van der Waals surface area contributed by atoms with Crippen molar-refractivity contribution in [2.24, 2.45) is 0 Å². The molecule has 0 atom stereocenters. The topological polar surface area (TPSA) is 110 Å². The molecule has 0 radical (unpaired) electrons. The molecule has 192 valence electrons. The lowest BCUT2D eigenvalue weighted by molar-refractivity contribution is 0.0738. The van der Waals surface area contributed by atoms with Crippen molar-refractivity contribution in [3.63, 3.8) is 0 Å². The Bertz CT molecular complexity index is 1680. The van der Waals surface area contributed by atoms with Gasteiger partial charge in [0.05, 0.1) is 12.2 Å². The molecule has 5 aromatic rings. The molecule has 3 N–H and O–H groups in total. The second kappa shape index (κ2) is 9.51. The summed E-state index contributed by atoms with van der Waals surface area (Å²) in [6, 6.07) is 21.4. The quantitative estimate of drug-likeness (QED) is 0.322. The maximum Gasteiger partial charge on any atom is 0.278 e.